The first-order valence-electron chi connectivity index (χ1n) is 8.43. The second-order valence-corrected chi connectivity index (χ2v) is 7.32. The number of rotatable bonds is 4. The largest absolute Gasteiger partial charge is 0.357 e. The van der Waals surface area contributed by atoms with E-state index in [0.29, 0.717) is 11.6 Å². The first kappa shape index (κ1) is 15.3. The van der Waals surface area contributed by atoms with E-state index in [2.05, 4.69) is 10.3 Å². The average molecular weight is 340 g/mol. The second-order valence-electron chi connectivity index (χ2n) is 6.36. The Morgan fingerprint density at radius 1 is 1.29 bits per heavy atom. The van der Waals surface area contributed by atoms with Crippen molar-refractivity contribution in [2.75, 3.05) is 5.32 Å². The molecule has 0 bridgehead atoms. The number of hydrogen-bond acceptors (Lipinski definition) is 5. The minimum absolute atomic E-state index is 0.0653. The maximum absolute atomic E-state index is 11.6. The molecule has 1 saturated carbocycles. The number of carbonyl (C=O) groups excluding carboxylic acids is 1. The molecule has 6 heteroatoms. The summed E-state index contributed by atoms with van der Waals surface area (Å²) in [7, 11) is 0. The van der Waals surface area contributed by atoms with Crippen LogP contribution in [0.25, 0.3) is 16.2 Å². The highest BCUT2D eigenvalue weighted by Crippen LogP contribution is 2.28. The monoisotopic (exact) mass is 340 g/mol. The number of carbonyl (C=O) groups is 1. The molecule has 1 fully saturated rings. The fourth-order valence-corrected chi connectivity index (χ4v) is 4.12. The fourth-order valence-electron chi connectivity index (χ4n) is 3.27. The number of ketones is 1. The minimum Gasteiger partial charge on any atom is -0.357 e. The Kier molecular flexibility index (Phi) is 4.06. The molecule has 2 aromatic heterocycles. The van der Waals surface area contributed by atoms with Crippen molar-refractivity contribution in [2.24, 2.45) is 0 Å². The van der Waals surface area contributed by atoms with Crippen LogP contribution >= 0.6 is 11.3 Å². The quantitative estimate of drug-likeness (QED) is 0.715. The molecule has 4 rings (SSSR count). The van der Waals surface area contributed by atoms with Gasteiger partial charge >= 0.3 is 0 Å². The third-order valence-corrected chi connectivity index (χ3v) is 5.44. The SMILES string of the molecule is CC(=O)c1cccc(-c2cnc3sc(NC4CCCCC4)nn23)c1. The predicted octanol–water partition coefficient (Wildman–Crippen LogP) is 4.41. The van der Waals surface area contributed by atoms with Gasteiger partial charge in [0.15, 0.2) is 5.78 Å². The first-order valence-corrected chi connectivity index (χ1v) is 9.25. The Morgan fingerprint density at radius 3 is 2.92 bits per heavy atom. The maximum atomic E-state index is 11.6. The number of hydrogen-bond donors (Lipinski definition) is 1. The molecule has 0 radical (unpaired) electrons. The van der Waals surface area contributed by atoms with E-state index in [1.165, 1.54) is 32.1 Å². The third kappa shape index (κ3) is 2.94. The number of benzene rings is 1. The molecule has 1 aliphatic carbocycles. The van der Waals surface area contributed by atoms with Crippen LogP contribution in [0.5, 0.6) is 0 Å². The number of Topliss-reactive ketones (excluding diaryl/α,β-unsaturated/α-hetero) is 1. The van der Waals surface area contributed by atoms with Gasteiger partial charge in [-0.2, -0.15) is 0 Å². The van der Waals surface area contributed by atoms with Gasteiger partial charge in [-0.25, -0.2) is 9.50 Å². The van der Waals surface area contributed by atoms with E-state index in [-0.39, 0.29) is 5.78 Å². The van der Waals surface area contributed by atoms with Crippen molar-refractivity contribution in [1.82, 2.24) is 14.6 Å². The Balaban J connectivity index is 1.64. The molecule has 3 aromatic rings. The number of fused-ring (bicyclic) bond motifs is 1. The van der Waals surface area contributed by atoms with Gasteiger partial charge in [0, 0.05) is 17.2 Å². The molecule has 0 amide bonds. The van der Waals surface area contributed by atoms with Crippen LogP contribution in [0.1, 0.15) is 49.4 Å². The van der Waals surface area contributed by atoms with Gasteiger partial charge in [0.25, 0.3) is 0 Å². The highest BCUT2D eigenvalue weighted by atomic mass is 32.1. The smallest absolute Gasteiger partial charge is 0.214 e. The molecule has 24 heavy (non-hydrogen) atoms. The van der Waals surface area contributed by atoms with Crippen LogP contribution in [-0.4, -0.2) is 26.4 Å². The van der Waals surface area contributed by atoms with Crippen LogP contribution in [0.3, 0.4) is 0 Å². The number of anilines is 1. The molecule has 0 spiro atoms. The molecule has 0 saturated heterocycles. The summed E-state index contributed by atoms with van der Waals surface area (Å²) in [6.07, 6.45) is 8.19. The Morgan fingerprint density at radius 2 is 2.12 bits per heavy atom. The van der Waals surface area contributed by atoms with Crippen molar-refractivity contribution in [2.45, 2.75) is 45.1 Å². The molecule has 1 aromatic carbocycles. The molecule has 2 heterocycles. The van der Waals surface area contributed by atoms with Gasteiger partial charge in [0.1, 0.15) is 0 Å². The van der Waals surface area contributed by atoms with Crippen LogP contribution in [-0.2, 0) is 0 Å². The summed E-state index contributed by atoms with van der Waals surface area (Å²) in [6.45, 7) is 1.58. The zero-order valence-electron chi connectivity index (χ0n) is 13.7. The maximum Gasteiger partial charge on any atom is 0.214 e. The standard InChI is InChI=1S/C18H20N4OS/c1-12(23)13-6-5-7-14(10-13)16-11-19-18-22(16)21-17(24-18)20-15-8-3-2-4-9-15/h5-7,10-11,15H,2-4,8-9H2,1H3,(H,20,21). The van der Waals surface area contributed by atoms with Crippen LogP contribution in [0, 0.1) is 0 Å². The number of imidazole rings is 1. The molecule has 0 unspecified atom stereocenters. The summed E-state index contributed by atoms with van der Waals surface area (Å²) in [6, 6.07) is 8.15. The van der Waals surface area contributed by atoms with Gasteiger partial charge < -0.3 is 5.32 Å². The van der Waals surface area contributed by atoms with Gasteiger partial charge in [0.05, 0.1) is 11.9 Å². The van der Waals surface area contributed by atoms with E-state index in [4.69, 9.17) is 5.10 Å². The summed E-state index contributed by atoms with van der Waals surface area (Å²) >= 11 is 1.58. The van der Waals surface area contributed by atoms with Gasteiger partial charge in [-0.15, -0.1) is 5.10 Å². The summed E-state index contributed by atoms with van der Waals surface area (Å²) in [4.78, 5) is 17.0. The fraction of sp³-hybridized carbons (Fsp3) is 0.389. The topological polar surface area (TPSA) is 59.3 Å². The van der Waals surface area contributed by atoms with Gasteiger partial charge in [-0.1, -0.05) is 48.8 Å². The number of nitrogens with zero attached hydrogens (tertiary/aromatic N) is 3. The van der Waals surface area contributed by atoms with E-state index >= 15 is 0 Å². The second kappa shape index (κ2) is 6.36. The lowest BCUT2D eigenvalue weighted by Gasteiger charge is -2.21. The summed E-state index contributed by atoms with van der Waals surface area (Å²) in [5, 5.41) is 9.18. The van der Waals surface area contributed by atoms with E-state index in [1.54, 1.807) is 18.3 Å². The lowest BCUT2D eigenvalue weighted by molar-refractivity contribution is 0.101. The molecule has 0 aliphatic heterocycles. The highest BCUT2D eigenvalue weighted by Gasteiger charge is 2.17. The summed E-state index contributed by atoms with van der Waals surface area (Å²) < 4.78 is 1.87. The van der Waals surface area contributed by atoms with Crippen LogP contribution < -0.4 is 5.32 Å². The predicted molar refractivity (Wildman–Crippen MR) is 96.8 cm³/mol. The molecule has 5 nitrogen and oxygen atoms in total. The van der Waals surface area contributed by atoms with Crippen molar-refractivity contribution in [3.8, 4) is 11.3 Å². The van der Waals surface area contributed by atoms with Crippen LogP contribution in [0.4, 0.5) is 5.13 Å². The van der Waals surface area contributed by atoms with Crippen LogP contribution in [0.15, 0.2) is 30.5 Å². The normalized spacial score (nSPS) is 15.7. The minimum atomic E-state index is 0.0653. The Labute approximate surface area is 144 Å². The number of nitrogens with one attached hydrogen (secondary N) is 1. The summed E-state index contributed by atoms with van der Waals surface area (Å²) in [5.41, 5.74) is 2.59. The van der Waals surface area contributed by atoms with Gasteiger partial charge in [-0.05, 0) is 25.8 Å². The molecule has 124 valence electrons. The van der Waals surface area contributed by atoms with E-state index < -0.39 is 0 Å². The van der Waals surface area contributed by atoms with Crippen molar-refractivity contribution in [1.29, 1.82) is 0 Å². The molecule has 0 atom stereocenters. The van der Waals surface area contributed by atoms with Crippen LogP contribution in [0.2, 0.25) is 0 Å². The molecular weight excluding hydrogens is 320 g/mol. The zero-order valence-corrected chi connectivity index (χ0v) is 14.5. The van der Waals surface area contributed by atoms with E-state index in [0.717, 1.165) is 21.3 Å². The first-order chi connectivity index (χ1) is 11.7. The lowest BCUT2D eigenvalue weighted by Crippen LogP contribution is -2.22. The molecular formula is C18H20N4OS. The Bertz CT molecular complexity index is 876. The average Bonchev–Trinajstić information content (AvgIpc) is 3.16. The highest BCUT2D eigenvalue weighted by molar-refractivity contribution is 7.20. The Hall–Kier alpha value is -2.21. The molecule has 1 aliphatic rings. The third-order valence-electron chi connectivity index (χ3n) is 4.58. The van der Waals surface area contributed by atoms with Crippen molar-refractivity contribution in [3.05, 3.63) is 36.0 Å². The van der Waals surface area contributed by atoms with E-state index in [9.17, 15) is 4.79 Å². The van der Waals surface area contributed by atoms with E-state index in [1.807, 2.05) is 35.0 Å². The van der Waals surface area contributed by atoms with Gasteiger partial charge in [-0.3, -0.25) is 4.79 Å². The van der Waals surface area contributed by atoms with Crippen molar-refractivity contribution < 1.29 is 4.79 Å². The lowest BCUT2D eigenvalue weighted by atomic mass is 9.96. The number of aromatic nitrogens is 3. The van der Waals surface area contributed by atoms with Gasteiger partial charge in [0.2, 0.25) is 10.1 Å². The zero-order chi connectivity index (χ0) is 16.5. The van der Waals surface area contributed by atoms with Crippen molar-refractivity contribution >= 4 is 27.2 Å². The molecule has 1 N–H and O–H groups in total. The van der Waals surface area contributed by atoms with Crippen molar-refractivity contribution in [3.63, 3.8) is 0 Å². The summed E-state index contributed by atoms with van der Waals surface area (Å²) in [5.74, 6) is 0.0653.